The average Bonchev–Trinajstić information content (AvgIpc) is 3.52. The lowest BCUT2D eigenvalue weighted by atomic mass is 10.0. The highest BCUT2D eigenvalue weighted by Crippen LogP contribution is 2.34. The minimum Gasteiger partial charge on any atom is -0.489 e. The molecule has 0 unspecified atom stereocenters. The lowest BCUT2D eigenvalue weighted by molar-refractivity contribution is 0.287. The molecule has 0 amide bonds. The van der Waals surface area contributed by atoms with E-state index in [0.717, 1.165) is 41.1 Å². The molecule has 7 heteroatoms. The molecule has 1 atom stereocenters. The third-order valence-corrected chi connectivity index (χ3v) is 7.00. The van der Waals surface area contributed by atoms with Gasteiger partial charge in [-0.1, -0.05) is 30.3 Å². The van der Waals surface area contributed by atoms with Crippen LogP contribution in [0.4, 0.5) is 0 Å². The third kappa shape index (κ3) is 3.67. The van der Waals surface area contributed by atoms with Crippen LogP contribution < -0.4 is 10.3 Å². The number of hydrogen-bond donors (Lipinski definition) is 0. The zero-order valence-electron chi connectivity index (χ0n) is 19.2. The second-order valence-electron chi connectivity index (χ2n) is 9.37. The predicted octanol–water partition coefficient (Wildman–Crippen LogP) is 4.03. The maximum absolute atomic E-state index is 12.8. The van der Waals surface area contributed by atoms with Gasteiger partial charge in [-0.05, 0) is 49.6 Å². The molecule has 1 saturated heterocycles. The summed E-state index contributed by atoms with van der Waals surface area (Å²) in [7, 11) is 0. The van der Waals surface area contributed by atoms with Crippen LogP contribution in [0.5, 0.6) is 5.75 Å². The fraction of sp³-hybridized carbons (Fsp3) is 0.296. The molecule has 0 aliphatic carbocycles. The maximum Gasteiger partial charge on any atom is 0.258 e. The minimum atomic E-state index is -0.133. The Hall–Kier alpha value is -3.87. The van der Waals surface area contributed by atoms with Gasteiger partial charge in [0.15, 0.2) is 0 Å². The van der Waals surface area contributed by atoms with Crippen LogP contribution in [-0.4, -0.2) is 43.7 Å². The van der Waals surface area contributed by atoms with Gasteiger partial charge in [0.1, 0.15) is 18.2 Å². The standard InChI is InChI=1S/C27H27N5O2/c1-27-11-5-12-31(27)25(28-19-27)17-32-24-9-8-22(14-21(24)16-29-32)30-13-10-23(15-26(30)33)34-18-20-6-3-2-4-7-20/h2-4,6-10,13-16H,5,11-12,17-19H2,1H3/t27-/m0/s1. The molecule has 0 spiro atoms. The zero-order valence-corrected chi connectivity index (χ0v) is 19.2. The summed E-state index contributed by atoms with van der Waals surface area (Å²) in [5, 5.41) is 5.62. The van der Waals surface area contributed by atoms with Crippen molar-refractivity contribution >= 4 is 16.7 Å². The average molecular weight is 454 g/mol. The van der Waals surface area contributed by atoms with Gasteiger partial charge >= 0.3 is 0 Å². The van der Waals surface area contributed by atoms with Crippen LogP contribution in [0.15, 0.2) is 82.8 Å². The second-order valence-corrected chi connectivity index (χ2v) is 9.37. The van der Waals surface area contributed by atoms with E-state index in [2.05, 4.69) is 16.9 Å². The summed E-state index contributed by atoms with van der Waals surface area (Å²) in [6.45, 7) is 5.36. The van der Waals surface area contributed by atoms with Gasteiger partial charge < -0.3 is 9.64 Å². The van der Waals surface area contributed by atoms with Crippen molar-refractivity contribution < 1.29 is 4.74 Å². The van der Waals surface area contributed by atoms with Crippen LogP contribution >= 0.6 is 0 Å². The van der Waals surface area contributed by atoms with E-state index in [4.69, 9.17) is 9.73 Å². The molecule has 1 fully saturated rings. The fourth-order valence-electron chi connectivity index (χ4n) is 5.10. The third-order valence-electron chi connectivity index (χ3n) is 7.00. The molecule has 2 aromatic carbocycles. The lowest BCUT2D eigenvalue weighted by Crippen LogP contribution is -2.42. The zero-order chi connectivity index (χ0) is 23.1. The largest absolute Gasteiger partial charge is 0.489 e. The SMILES string of the molecule is C[C@@]12CCCN1C(Cn1ncc3cc(-n4ccc(OCc5ccccc5)cc4=O)ccc31)=NC2. The highest BCUT2D eigenvalue weighted by molar-refractivity contribution is 5.87. The Morgan fingerprint density at radius 1 is 1.09 bits per heavy atom. The normalized spacial score (nSPS) is 19.4. The maximum atomic E-state index is 12.8. The van der Waals surface area contributed by atoms with Crippen molar-refractivity contribution in [1.82, 2.24) is 19.2 Å². The van der Waals surface area contributed by atoms with Gasteiger partial charge in [-0.3, -0.25) is 19.0 Å². The number of amidine groups is 1. The van der Waals surface area contributed by atoms with Crippen LogP contribution in [0.2, 0.25) is 0 Å². The Morgan fingerprint density at radius 2 is 1.97 bits per heavy atom. The molecule has 172 valence electrons. The smallest absolute Gasteiger partial charge is 0.258 e. The Labute approximate surface area is 197 Å². The van der Waals surface area contributed by atoms with Crippen molar-refractivity contribution in [2.75, 3.05) is 13.1 Å². The van der Waals surface area contributed by atoms with E-state index in [9.17, 15) is 4.79 Å². The Morgan fingerprint density at radius 3 is 2.82 bits per heavy atom. The van der Waals surface area contributed by atoms with E-state index >= 15 is 0 Å². The monoisotopic (exact) mass is 453 g/mol. The molecule has 4 heterocycles. The number of pyridine rings is 1. The molecule has 0 bridgehead atoms. The quantitative estimate of drug-likeness (QED) is 0.442. The van der Waals surface area contributed by atoms with Crippen molar-refractivity contribution in [1.29, 1.82) is 0 Å². The molecule has 0 saturated carbocycles. The predicted molar refractivity (Wildman–Crippen MR) is 133 cm³/mol. The molecular weight excluding hydrogens is 426 g/mol. The van der Waals surface area contributed by atoms with Crippen molar-refractivity contribution in [2.24, 2.45) is 4.99 Å². The number of ether oxygens (including phenoxy) is 1. The number of benzene rings is 2. The molecule has 2 aliphatic rings. The molecule has 6 rings (SSSR count). The highest BCUT2D eigenvalue weighted by atomic mass is 16.5. The van der Waals surface area contributed by atoms with Crippen molar-refractivity contribution in [2.45, 2.75) is 38.5 Å². The fourth-order valence-corrected chi connectivity index (χ4v) is 5.10. The van der Waals surface area contributed by atoms with Crippen LogP contribution in [0.25, 0.3) is 16.6 Å². The molecule has 2 aliphatic heterocycles. The van der Waals surface area contributed by atoms with Crippen molar-refractivity contribution in [3.63, 3.8) is 0 Å². The van der Waals surface area contributed by atoms with Gasteiger partial charge in [0.25, 0.3) is 5.56 Å². The van der Waals surface area contributed by atoms with Gasteiger partial charge in [0.2, 0.25) is 0 Å². The first-order chi connectivity index (χ1) is 16.6. The summed E-state index contributed by atoms with van der Waals surface area (Å²) < 4.78 is 9.43. The molecule has 2 aromatic heterocycles. The van der Waals surface area contributed by atoms with E-state index in [1.54, 1.807) is 10.8 Å². The molecule has 7 nitrogen and oxygen atoms in total. The number of hydrogen-bond acceptors (Lipinski definition) is 5. The summed E-state index contributed by atoms with van der Waals surface area (Å²) in [6.07, 6.45) is 6.05. The summed E-state index contributed by atoms with van der Waals surface area (Å²) in [5.74, 6) is 1.68. The van der Waals surface area contributed by atoms with Gasteiger partial charge in [-0.2, -0.15) is 5.10 Å². The van der Waals surface area contributed by atoms with E-state index in [0.29, 0.717) is 18.9 Å². The van der Waals surface area contributed by atoms with E-state index in [1.807, 2.05) is 65.5 Å². The van der Waals surface area contributed by atoms with Gasteiger partial charge in [-0.15, -0.1) is 0 Å². The molecule has 34 heavy (non-hydrogen) atoms. The Bertz CT molecular complexity index is 1440. The van der Waals surface area contributed by atoms with Crippen LogP contribution in [0.3, 0.4) is 0 Å². The minimum absolute atomic E-state index is 0.133. The molecule has 0 radical (unpaired) electrons. The second kappa shape index (κ2) is 8.17. The number of fused-ring (bicyclic) bond motifs is 2. The Kier molecular flexibility index (Phi) is 4.98. The molecular formula is C27H27N5O2. The summed E-state index contributed by atoms with van der Waals surface area (Å²) in [5.41, 5.74) is 2.95. The first kappa shape index (κ1) is 20.7. The number of aliphatic imine (C=N–C) groups is 1. The molecule has 0 N–H and O–H groups in total. The van der Waals surface area contributed by atoms with Gasteiger partial charge in [-0.25, -0.2) is 0 Å². The number of rotatable bonds is 6. The summed E-state index contributed by atoms with van der Waals surface area (Å²) >= 11 is 0. The van der Waals surface area contributed by atoms with Crippen molar-refractivity contribution in [3.05, 3.63) is 89.0 Å². The van der Waals surface area contributed by atoms with Crippen molar-refractivity contribution in [3.8, 4) is 11.4 Å². The molecule has 4 aromatic rings. The van der Waals surface area contributed by atoms with E-state index in [1.165, 1.54) is 18.9 Å². The van der Waals surface area contributed by atoms with Crippen LogP contribution in [0.1, 0.15) is 25.3 Å². The number of aromatic nitrogens is 3. The van der Waals surface area contributed by atoms with Gasteiger partial charge in [0.05, 0.1) is 30.3 Å². The van der Waals surface area contributed by atoms with Gasteiger partial charge in [0, 0.05) is 29.9 Å². The first-order valence-electron chi connectivity index (χ1n) is 11.8. The van der Waals surface area contributed by atoms with Crippen LogP contribution in [-0.2, 0) is 13.2 Å². The lowest BCUT2D eigenvalue weighted by Gasteiger charge is -2.29. The van der Waals surface area contributed by atoms with E-state index in [-0.39, 0.29) is 11.1 Å². The van der Waals surface area contributed by atoms with E-state index < -0.39 is 0 Å². The van der Waals surface area contributed by atoms with Crippen LogP contribution in [0, 0.1) is 0 Å². The first-order valence-corrected chi connectivity index (χ1v) is 11.8. The number of nitrogens with zero attached hydrogens (tertiary/aromatic N) is 5. The topological polar surface area (TPSA) is 64.7 Å². The highest BCUT2D eigenvalue weighted by Gasteiger charge is 2.42. The summed E-state index contributed by atoms with van der Waals surface area (Å²) in [6, 6.07) is 19.3. The summed E-state index contributed by atoms with van der Waals surface area (Å²) in [4.78, 5) is 20.1. The Balaban J connectivity index is 1.21.